The Balaban J connectivity index is 2.69. The van der Waals surface area contributed by atoms with Crippen LogP contribution in [0.3, 0.4) is 0 Å². The number of benzene rings is 1. The molecule has 2 N–H and O–H groups in total. The summed E-state index contributed by atoms with van der Waals surface area (Å²) in [7, 11) is -3.50. The molecule has 9 heteroatoms. The van der Waals surface area contributed by atoms with Crippen molar-refractivity contribution in [1.82, 2.24) is 10.0 Å². The monoisotopic (exact) mass is 370 g/mol. The molecule has 0 unspecified atom stereocenters. The normalized spacial score (nSPS) is 11.4. The summed E-state index contributed by atoms with van der Waals surface area (Å²) in [6, 6.07) is 1.90. The highest BCUT2D eigenvalue weighted by atomic mass is 79.9. The van der Waals surface area contributed by atoms with Crippen molar-refractivity contribution < 1.29 is 22.0 Å². The van der Waals surface area contributed by atoms with Gasteiger partial charge in [-0.15, -0.1) is 0 Å². The molecule has 0 radical (unpaired) electrons. The van der Waals surface area contributed by atoms with E-state index in [4.69, 9.17) is 0 Å². The molecular weight excluding hydrogens is 358 g/mol. The Morgan fingerprint density at radius 2 is 1.85 bits per heavy atom. The summed E-state index contributed by atoms with van der Waals surface area (Å²) in [6.07, 6.45) is 0. The summed E-state index contributed by atoms with van der Waals surface area (Å²) in [4.78, 5) is 11.6. The van der Waals surface area contributed by atoms with Crippen LogP contribution < -0.4 is 10.0 Å². The molecule has 0 fully saturated rings. The molecule has 0 aliphatic heterocycles. The summed E-state index contributed by atoms with van der Waals surface area (Å²) < 4.78 is 52.0. The Kier molecular flexibility index (Phi) is 6.03. The van der Waals surface area contributed by atoms with Crippen LogP contribution in [0.2, 0.25) is 0 Å². The van der Waals surface area contributed by atoms with Crippen molar-refractivity contribution in [3.8, 4) is 0 Å². The van der Waals surface area contributed by atoms with E-state index in [1.54, 1.807) is 6.92 Å². The average molecular weight is 371 g/mol. The molecule has 0 aliphatic rings. The lowest BCUT2D eigenvalue weighted by molar-refractivity contribution is 0.0947. The molecule has 0 atom stereocenters. The van der Waals surface area contributed by atoms with Gasteiger partial charge in [0.15, 0.2) is 0 Å². The lowest BCUT2D eigenvalue weighted by Gasteiger charge is -2.08. The van der Waals surface area contributed by atoms with E-state index >= 15 is 0 Å². The Hall–Kier alpha value is -1.06. The fraction of sp³-hybridized carbons (Fsp3) is 0.364. The molecule has 0 heterocycles. The number of amides is 1. The zero-order valence-electron chi connectivity index (χ0n) is 10.5. The minimum Gasteiger partial charge on any atom is -0.351 e. The first-order chi connectivity index (χ1) is 9.26. The molecule has 112 valence electrons. The highest BCUT2D eigenvalue weighted by Crippen LogP contribution is 2.19. The van der Waals surface area contributed by atoms with Gasteiger partial charge in [0.2, 0.25) is 10.0 Å². The molecular formula is C11H13BrF2N2O3S. The van der Waals surface area contributed by atoms with Gasteiger partial charge in [0, 0.05) is 17.6 Å². The second-order valence-electron chi connectivity index (χ2n) is 3.82. The number of hydrogen-bond donors (Lipinski definition) is 2. The molecule has 1 aromatic rings. The zero-order valence-corrected chi connectivity index (χ0v) is 12.9. The molecule has 0 aliphatic carbocycles. The minimum atomic E-state index is -3.50. The summed E-state index contributed by atoms with van der Waals surface area (Å²) in [5, 5.41) is 2.16. The standard InChI is InChI=1S/C11H13BrF2N2O3S/c1-2-16-20(18,19)4-3-15-11(17)10-8(13)5-7(12)6-9(10)14/h5-6,16H,2-4H2,1H3,(H,15,17). The van der Waals surface area contributed by atoms with Crippen LogP contribution in [0.5, 0.6) is 0 Å². The maximum absolute atomic E-state index is 13.5. The summed E-state index contributed by atoms with van der Waals surface area (Å²) in [5.41, 5.74) is -0.742. The number of carbonyl (C=O) groups excluding carboxylic acids is 1. The minimum absolute atomic E-state index is 0.166. The lowest BCUT2D eigenvalue weighted by Crippen LogP contribution is -2.35. The zero-order chi connectivity index (χ0) is 15.3. The van der Waals surface area contributed by atoms with E-state index < -0.39 is 33.1 Å². The highest BCUT2D eigenvalue weighted by molar-refractivity contribution is 9.10. The lowest BCUT2D eigenvalue weighted by atomic mass is 10.2. The van der Waals surface area contributed by atoms with Gasteiger partial charge in [0.25, 0.3) is 5.91 Å². The van der Waals surface area contributed by atoms with Gasteiger partial charge in [-0.3, -0.25) is 4.79 Å². The van der Waals surface area contributed by atoms with Crippen molar-refractivity contribution in [1.29, 1.82) is 0 Å². The van der Waals surface area contributed by atoms with Crippen LogP contribution in [0.1, 0.15) is 17.3 Å². The second-order valence-corrected chi connectivity index (χ2v) is 6.66. The largest absolute Gasteiger partial charge is 0.351 e. The van der Waals surface area contributed by atoms with Crippen LogP contribution in [0, 0.1) is 11.6 Å². The fourth-order valence-electron chi connectivity index (χ4n) is 1.44. The van der Waals surface area contributed by atoms with Gasteiger partial charge in [0.05, 0.1) is 5.75 Å². The van der Waals surface area contributed by atoms with Crippen LogP contribution in [-0.4, -0.2) is 33.2 Å². The van der Waals surface area contributed by atoms with E-state index in [1.807, 2.05) is 0 Å². The van der Waals surface area contributed by atoms with Crippen LogP contribution in [0.15, 0.2) is 16.6 Å². The number of carbonyl (C=O) groups is 1. The van der Waals surface area contributed by atoms with Crippen molar-refractivity contribution >= 4 is 31.9 Å². The Labute approximate surface area is 123 Å². The molecule has 0 spiro atoms. The Bertz CT molecular complexity index is 585. The SMILES string of the molecule is CCNS(=O)(=O)CCNC(=O)c1c(F)cc(Br)cc1F. The van der Waals surface area contributed by atoms with Crippen LogP contribution in [-0.2, 0) is 10.0 Å². The third-order valence-electron chi connectivity index (χ3n) is 2.25. The second kappa shape index (κ2) is 7.09. The van der Waals surface area contributed by atoms with Gasteiger partial charge >= 0.3 is 0 Å². The van der Waals surface area contributed by atoms with Crippen LogP contribution >= 0.6 is 15.9 Å². The Morgan fingerprint density at radius 3 is 2.35 bits per heavy atom. The molecule has 0 saturated carbocycles. The van der Waals surface area contributed by atoms with Gasteiger partial charge in [-0.2, -0.15) is 0 Å². The molecule has 0 aromatic heterocycles. The first kappa shape index (κ1) is 17.0. The van der Waals surface area contributed by atoms with Gasteiger partial charge in [-0.05, 0) is 12.1 Å². The molecule has 0 saturated heterocycles. The van der Waals surface area contributed by atoms with E-state index in [-0.39, 0.29) is 23.3 Å². The van der Waals surface area contributed by atoms with Crippen LogP contribution in [0.25, 0.3) is 0 Å². The van der Waals surface area contributed by atoms with E-state index in [0.29, 0.717) is 0 Å². The van der Waals surface area contributed by atoms with E-state index in [0.717, 1.165) is 12.1 Å². The third-order valence-corrected chi connectivity index (χ3v) is 4.18. The highest BCUT2D eigenvalue weighted by Gasteiger charge is 2.18. The molecule has 20 heavy (non-hydrogen) atoms. The van der Waals surface area contributed by atoms with Gasteiger partial charge in [-0.25, -0.2) is 21.9 Å². The maximum atomic E-state index is 13.5. The van der Waals surface area contributed by atoms with E-state index in [9.17, 15) is 22.0 Å². The molecule has 5 nitrogen and oxygen atoms in total. The molecule has 0 bridgehead atoms. The summed E-state index contributed by atoms with van der Waals surface area (Å²) in [6.45, 7) is 1.60. The van der Waals surface area contributed by atoms with E-state index in [1.165, 1.54) is 0 Å². The van der Waals surface area contributed by atoms with Crippen LogP contribution in [0.4, 0.5) is 8.78 Å². The third kappa shape index (κ3) is 4.80. The Morgan fingerprint density at radius 1 is 1.30 bits per heavy atom. The average Bonchev–Trinajstić information content (AvgIpc) is 2.26. The molecule has 1 rings (SSSR count). The van der Waals surface area contributed by atoms with Crippen molar-refractivity contribution in [2.24, 2.45) is 0 Å². The quantitative estimate of drug-likeness (QED) is 0.794. The van der Waals surface area contributed by atoms with Crippen molar-refractivity contribution in [3.05, 3.63) is 33.8 Å². The van der Waals surface area contributed by atoms with Crippen molar-refractivity contribution in [2.45, 2.75) is 6.92 Å². The first-order valence-electron chi connectivity index (χ1n) is 5.67. The number of sulfonamides is 1. The van der Waals surface area contributed by atoms with E-state index in [2.05, 4.69) is 26.0 Å². The number of nitrogens with one attached hydrogen (secondary N) is 2. The number of rotatable bonds is 6. The molecule has 1 amide bonds. The summed E-state index contributed by atoms with van der Waals surface area (Å²) in [5.74, 6) is -3.42. The van der Waals surface area contributed by atoms with Crippen molar-refractivity contribution in [2.75, 3.05) is 18.8 Å². The van der Waals surface area contributed by atoms with Gasteiger partial charge in [-0.1, -0.05) is 22.9 Å². The number of hydrogen-bond acceptors (Lipinski definition) is 3. The van der Waals surface area contributed by atoms with Gasteiger partial charge in [0.1, 0.15) is 17.2 Å². The smallest absolute Gasteiger partial charge is 0.257 e. The van der Waals surface area contributed by atoms with Gasteiger partial charge < -0.3 is 5.32 Å². The first-order valence-corrected chi connectivity index (χ1v) is 8.11. The summed E-state index contributed by atoms with van der Waals surface area (Å²) >= 11 is 2.89. The topological polar surface area (TPSA) is 75.3 Å². The predicted molar refractivity (Wildman–Crippen MR) is 73.9 cm³/mol. The number of halogens is 3. The predicted octanol–water partition coefficient (Wildman–Crippen LogP) is 1.40. The molecule has 1 aromatic carbocycles. The fourth-order valence-corrected chi connectivity index (χ4v) is 2.80. The van der Waals surface area contributed by atoms with Crippen molar-refractivity contribution in [3.63, 3.8) is 0 Å². The maximum Gasteiger partial charge on any atom is 0.257 e.